The molecule has 14 heteroatoms. The summed E-state index contributed by atoms with van der Waals surface area (Å²) >= 11 is 0. The molecule has 0 saturated carbocycles. The highest BCUT2D eigenvalue weighted by molar-refractivity contribution is 7.93. The predicted molar refractivity (Wildman–Crippen MR) is 122 cm³/mol. The molecule has 4 N–H and O–H groups in total. The molecule has 0 unspecified atom stereocenters. The van der Waals surface area contributed by atoms with Gasteiger partial charge in [0.15, 0.2) is 9.84 Å². The smallest absolute Gasteiger partial charge is 0.387 e. The van der Waals surface area contributed by atoms with Crippen LogP contribution in [0.2, 0.25) is 0 Å². The highest BCUT2D eigenvalue weighted by atomic mass is 32.2. The Hall–Kier alpha value is -3.26. The van der Waals surface area contributed by atoms with Crippen LogP contribution in [-0.4, -0.2) is 58.5 Å². The van der Waals surface area contributed by atoms with E-state index in [1.165, 1.54) is 42.5 Å². The third-order valence-electron chi connectivity index (χ3n) is 4.67. The van der Waals surface area contributed by atoms with Crippen molar-refractivity contribution < 1.29 is 35.1 Å². The number of rotatable bonds is 8. The molecule has 1 aliphatic heterocycles. The molecule has 1 saturated heterocycles. The number of hydrogen-bond donors (Lipinski definition) is 4. The summed E-state index contributed by atoms with van der Waals surface area (Å²) in [5.74, 6) is -1.69. The van der Waals surface area contributed by atoms with Crippen molar-refractivity contribution in [2.45, 2.75) is 19.1 Å². The molecule has 34 heavy (non-hydrogen) atoms. The first-order valence-corrected chi connectivity index (χ1v) is 13.4. The molecule has 10 nitrogen and oxygen atoms in total. The molecule has 2 aromatic rings. The fraction of sp³-hybridized carbons (Fsp3) is 0.300. The number of amides is 1. The molecule has 0 aliphatic carbocycles. The zero-order chi connectivity index (χ0) is 25.3. The first-order chi connectivity index (χ1) is 15.6. The summed E-state index contributed by atoms with van der Waals surface area (Å²) in [5.41, 5.74) is -0.387. The van der Waals surface area contributed by atoms with Gasteiger partial charge in [0.05, 0.1) is 23.3 Å². The van der Waals surface area contributed by atoms with Crippen LogP contribution >= 0.6 is 0 Å². The quantitative estimate of drug-likeness (QED) is 0.308. The predicted octanol–water partition coefficient (Wildman–Crippen LogP) is 1.82. The summed E-state index contributed by atoms with van der Waals surface area (Å²) in [6.45, 7) is -1.44. The molecular weight excluding hydrogens is 494 g/mol. The van der Waals surface area contributed by atoms with Crippen molar-refractivity contribution in [3.05, 3.63) is 53.6 Å². The van der Waals surface area contributed by atoms with Crippen LogP contribution < -0.4 is 20.1 Å². The fourth-order valence-corrected chi connectivity index (χ4v) is 5.98. The van der Waals surface area contributed by atoms with E-state index < -0.39 is 43.8 Å². The lowest BCUT2D eigenvalue weighted by molar-refractivity contribution is -0.0498. The monoisotopic (exact) mass is 516 g/mol. The summed E-state index contributed by atoms with van der Waals surface area (Å²) in [5, 5.41) is 13.7. The SMILES string of the molecule is CC1(NC(=O)c2ccc(Nc3cccc(OC(F)F)c3)c(C(=N)NS(C)(=O)=O)c2)CS(=O)(=O)C1. The minimum Gasteiger partial charge on any atom is -0.435 e. The molecular formula is C20H22F2N4O6S2. The van der Waals surface area contributed by atoms with E-state index in [1.807, 2.05) is 4.72 Å². The van der Waals surface area contributed by atoms with Crippen LogP contribution in [0.25, 0.3) is 0 Å². The van der Waals surface area contributed by atoms with Gasteiger partial charge in [0, 0.05) is 28.6 Å². The van der Waals surface area contributed by atoms with Gasteiger partial charge in [0.25, 0.3) is 5.91 Å². The van der Waals surface area contributed by atoms with Crippen molar-refractivity contribution >= 4 is 43.0 Å². The Balaban J connectivity index is 1.91. The van der Waals surface area contributed by atoms with Crippen LogP contribution in [0.5, 0.6) is 5.75 Å². The maximum Gasteiger partial charge on any atom is 0.387 e. The van der Waals surface area contributed by atoms with E-state index in [9.17, 15) is 30.4 Å². The number of halogens is 2. The van der Waals surface area contributed by atoms with Crippen LogP contribution in [0.15, 0.2) is 42.5 Å². The van der Waals surface area contributed by atoms with Crippen LogP contribution in [0.1, 0.15) is 22.8 Å². The van der Waals surface area contributed by atoms with Gasteiger partial charge in [0.2, 0.25) is 10.0 Å². The zero-order valence-corrected chi connectivity index (χ0v) is 19.7. The van der Waals surface area contributed by atoms with Gasteiger partial charge in [-0.05, 0) is 37.3 Å². The van der Waals surface area contributed by atoms with Gasteiger partial charge in [-0.3, -0.25) is 14.9 Å². The average molecular weight is 517 g/mol. The van der Waals surface area contributed by atoms with Gasteiger partial charge >= 0.3 is 6.61 Å². The number of anilines is 2. The van der Waals surface area contributed by atoms with Crippen LogP contribution in [0.4, 0.5) is 20.2 Å². The number of carbonyl (C=O) groups excluding carboxylic acids is 1. The minimum atomic E-state index is -3.82. The second-order valence-corrected chi connectivity index (χ2v) is 11.9. The molecule has 0 atom stereocenters. The van der Waals surface area contributed by atoms with Gasteiger partial charge in [-0.1, -0.05) is 6.07 Å². The van der Waals surface area contributed by atoms with Crippen LogP contribution in [0.3, 0.4) is 0 Å². The van der Waals surface area contributed by atoms with Gasteiger partial charge in [0.1, 0.15) is 11.6 Å². The second kappa shape index (κ2) is 9.18. The molecule has 1 aliphatic rings. The maximum atomic E-state index is 12.7. The van der Waals surface area contributed by atoms with Crippen molar-refractivity contribution in [3.8, 4) is 5.75 Å². The van der Waals surface area contributed by atoms with E-state index in [0.717, 1.165) is 6.26 Å². The molecule has 3 rings (SSSR count). The molecule has 0 aromatic heterocycles. The Bertz CT molecular complexity index is 1330. The standard InChI is InChI=1S/C20H22F2N4O6S2/c1-20(10-34(30,31)11-20)25-18(27)12-6-7-16(15(8-12)17(23)26-33(2,28)29)24-13-4-3-5-14(9-13)32-19(21)22/h3-9,19,24H,10-11H2,1-2H3,(H2,23,26)(H,25,27). The molecule has 184 valence electrons. The summed E-state index contributed by atoms with van der Waals surface area (Å²) in [4.78, 5) is 12.7. The number of sulfone groups is 1. The molecule has 0 bridgehead atoms. The van der Waals surface area contributed by atoms with Gasteiger partial charge in [-0.15, -0.1) is 0 Å². The van der Waals surface area contributed by atoms with Crippen molar-refractivity contribution in [3.63, 3.8) is 0 Å². The van der Waals surface area contributed by atoms with Crippen molar-refractivity contribution in [1.82, 2.24) is 10.0 Å². The number of nitrogens with one attached hydrogen (secondary N) is 4. The normalized spacial score (nSPS) is 16.3. The number of hydrogen-bond acceptors (Lipinski definition) is 8. The number of ether oxygens (including phenoxy) is 1. The lowest BCUT2D eigenvalue weighted by Crippen LogP contribution is -2.63. The van der Waals surface area contributed by atoms with E-state index >= 15 is 0 Å². The number of amidine groups is 1. The second-order valence-electron chi connectivity index (χ2n) is 8.09. The minimum absolute atomic E-state index is 0.00959. The molecule has 2 aromatic carbocycles. The molecule has 1 amide bonds. The summed E-state index contributed by atoms with van der Waals surface area (Å²) in [6.07, 6.45) is 0.855. The summed E-state index contributed by atoms with van der Waals surface area (Å²) in [7, 11) is -7.03. The van der Waals surface area contributed by atoms with E-state index in [0.29, 0.717) is 5.69 Å². The fourth-order valence-electron chi connectivity index (χ4n) is 3.49. The summed E-state index contributed by atoms with van der Waals surface area (Å²) in [6, 6.07) is 9.65. The third kappa shape index (κ3) is 6.63. The van der Waals surface area contributed by atoms with Crippen LogP contribution in [-0.2, 0) is 19.9 Å². The van der Waals surface area contributed by atoms with E-state index in [2.05, 4.69) is 15.4 Å². The van der Waals surface area contributed by atoms with E-state index in [4.69, 9.17) is 5.41 Å². The Morgan fingerprint density at radius 3 is 2.44 bits per heavy atom. The number of sulfonamides is 1. The van der Waals surface area contributed by atoms with Crippen LogP contribution in [0, 0.1) is 5.41 Å². The number of carbonyl (C=O) groups is 1. The molecule has 0 spiro atoms. The Morgan fingerprint density at radius 1 is 1.18 bits per heavy atom. The molecule has 1 heterocycles. The topological polar surface area (TPSA) is 155 Å². The van der Waals surface area contributed by atoms with Gasteiger partial charge < -0.3 is 15.4 Å². The number of alkyl halides is 2. The summed E-state index contributed by atoms with van der Waals surface area (Å²) < 4.78 is 77.7. The molecule has 1 fully saturated rings. The van der Waals surface area contributed by atoms with Crippen molar-refractivity contribution in [2.75, 3.05) is 23.1 Å². The Morgan fingerprint density at radius 2 is 1.85 bits per heavy atom. The Kier molecular flexibility index (Phi) is 6.85. The van der Waals surface area contributed by atoms with E-state index in [1.54, 1.807) is 6.92 Å². The highest BCUT2D eigenvalue weighted by Gasteiger charge is 2.45. The first-order valence-electron chi connectivity index (χ1n) is 9.70. The largest absolute Gasteiger partial charge is 0.435 e. The zero-order valence-electron chi connectivity index (χ0n) is 18.1. The third-order valence-corrected chi connectivity index (χ3v) is 7.40. The lowest BCUT2D eigenvalue weighted by Gasteiger charge is -2.38. The highest BCUT2D eigenvalue weighted by Crippen LogP contribution is 2.27. The first kappa shape index (κ1) is 25.4. The Labute approximate surface area is 195 Å². The molecule has 0 radical (unpaired) electrons. The van der Waals surface area contributed by atoms with Crippen molar-refractivity contribution in [1.29, 1.82) is 5.41 Å². The average Bonchev–Trinajstić information content (AvgIpc) is 2.64. The maximum absolute atomic E-state index is 12.7. The lowest BCUT2D eigenvalue weighted by atomic mass is 10.0. The van der Waals surface area contributed by atoms with Gasteiger partial charge in [-0.2, -0.15) is 8.78 Å². The number of benzene rings is 2. The van der Waals surface area contributed by atoms with Crippen molar-refractivity contribution in [2.24, 2.45) is 0 Å². The van der Waals surface area contributed by atoms with E-state index in [-0.39, 0.29) is 34.1 Å². The van der Waals surface area contributed by atoms with Gasteiger partial charge in [-0.25, -0.2) is 16.8 Å².